The van der Waals surface area contributed by atoms with Gasteiger partial charge in [-0.3, -0.25) is 0 Å². The highest BCUT2D eigenvalue weighted by Crippen LogP contribution is 2.39. The summed E-state index contributed by atoms with van der Waals surface area (Å²) in [6.07, 6.45) is 3.13. The lowest BCUT2D eigenvalue weighted by Crippen LogP contribution is -2.51. The molecule has 0 aromatic heterocycles. The van der Waals surface area contributed by atoms with Crippen LogP contribution in [0.15, 0.2) is 29.2 Å². The Morgan fingerprint density at radius 1 is 1.17 bits per heavy atom. The molecule has 134 valence electrons. The van der Waals surface area contributed by atoms with Gasteiger partial charge in [0.15, 0.2) is 0 Å². The van der Waals surface area contributed by atoms with Gasteiger partial charge in [0.1, 0.15) is 10.6 Å². The van der Waals surface area contributed by atoms with Crippen molar-refractivity contribution in [3.63, 3.8) is 0 Å². The Balaban J connectivity index is 1.90. The van der Waals surface area contributed by atoms with Gasteiger partial charge in [-0.05, 0) is 51.0 Å². The van der Waals surface area contributed by atoms with Crippen molar-refractivity contribution in [3.05, 3.63) is 24.3 Å². The summed E-state index contributed by atoms with van der Waals surface area (Å²) in [5.74, 6) is 0.492. The van der Waals surface area contributed by atoms with Gasteiger partial charge in [0, 0.05) is 18.5 Å². The van der Waals surface area contributed by atoms with Gasteiger partial charge in [0.25, 0.3) is 0 Å². The Hall–Kier alpha value is -1.11. The van der Waals surface area contributed by atoms with E-state index in [2.05, 4.69) is 11.8 Å². The van der Waals surface area contributed by atoms with Gasteiger partial charge in [-0.25, -0.2) is 8.42 Å². The van der Waals surface area contributed by atoms with E-state index in [1.807, 2.05) is 13.0 Å². The molecule has 0 atom stereocenters. The highest BCUT2D eigenvalue weighted by Gasteiger charge is 2.42. The average Bonchev–Trinajstić information content (AvgIpc) is 2.59. The van der Waals surface area contributed by atoms with Gasteiger partial charge in [0.2, 0.25) is 10.0 Å². The normalized spacial score (nSPS) is 23.9. The lowest BCUT2D eigenvalue weighted by molar-refractivity contribution is 0.0359. The number of fused-ring (bicyclic) bond motifs is 1. The summed E-state index contributed by atoms with van der Waals surface area (Å²) >= 11 is 0. The molecule has 1 aromatic carbocycles. The van der Waals surface area contributed by atoms with Crippen LogP contribution in [0.2, 0.25) is 0 Å². The molecule has 0 amide bonds. The maximum Gasteiger partial charge on any atom is 0.246 e. The molecule has 0 aliphatic carbocycles. The molecule has 1 fully saturated rings. The number of nitrogens with zero attached hydrogens (tertiary/aromatic N) is 2. The van der Waals surface area contributed by atoms with Crippen molar-refractivity contribution in [2.75, 3.05) is 39.3 Å². The molecule has 3 rings (SSSR count). The summed E-state index contributed by atoms with van der Waals surface area (Å²) in [5.41, 5.74) is -0.0825. The van der Waals surface area contributed by atoms with E-state index in [0.717, 1.165) is 38.9 Å². The molecule has 0 saturated carbocycles. The quantitative estimate of drug-likeness (QED) is 0.839. The first-order valence-electron chi connectivity index (χ1n) is 8.95. The summed E-state index contributed by atoms with van der Waals surface area (Å²) in [5, 5.41) is 0. The number of rotatable bonds is 3. The lowest BCUT2D eigenvalue weighted by atomic mass is 9.78. The maximum atomic E-state index is 13.0. The van der Waals surface area contributed by atoms with Gasteiger partial charge in [0.05, 0.1) is 6.61 Å². The Morgan fingerprint density at radius 2 is 1.88 bits per heavy atom. The van der Waals surface area contributed by atoms with Crippen molar-refractivity contribution in [2.24, 2.45) is 5.41 Å². The molecule has 0 N–H and O–H groups in total. The standard InChI is InChI=1S/C18H28N2O3S/c1-3-11-19-12-9-18(10-13-19)14-20(4-2)24(21,22)17-8-6-5-7-16(17)23-15-18/h5-8H,3-4,9-15H2,1-2H3. The molecule has 0 radical (unpaired) electrons. The fourth-order valence-electron chi connectivity index (χ4n) is 3.81. The van der Waals surface area contributed by atoms with E-state index < -0.39 is 10.0 Å². The lowest BCUT2D eigenvalue weighted by Gasteiger charge is -2.44. The summed E-state index contributed by atoms with van der Waals surface area (Å²) in [7, 11) is -3.50. The largest absolute Gasteiger partial charge is 0.492 e. The van der Waals surface area contributed by atoms with Crippen LogP contribution in [0.4, 0.5) is 0 Å². The Bertz CT molecular complexity index is 667. The molecule has 0 bridgehead atoms. The van der Waals surface area contributed by atoms with E-state index in [1.54, 1.807) is 22.5 Å². The molecule has 0 unspecified atom stereocenters. The summed E-state index contributed by atoms with van der Waals surface area (Å²) in [4.78, 5) is 2.77. The van der Waals surface area contributed by atoms with Crippen LogP contribution in [0.3, 0.4) is 0 Å². The molecular formula is C18H28N2O3S. The van der Waals surface area contributed by atoms with Crippen LogP contribution in [0.1, 0.15) is 33.1 Å². The van der Waals surface area contributed by atoms with Gasteiger partial charge in [-0.2, -0.15) is 4.31 Å². The van der Waals surface area contributed by atoms with Gasteiger partial charge < -0.3 is 9.64 Å². The zero-order valence-electron chi connectivity index (χ0n) is 14.7. The summed E-state index contributed by atoms with van der Waals surface area (Å²) in [6.45, 7) is 8.93. The first kappa shape index (κ1) is 17.7. The number of ether oxygens (including phenoxy) is 1. The predicted octanol–water partition coefficient (Wildman–Crippen LogP) is 2.58. The molecule has 6 heteroatoms. The van der Waals surface area contributed by atoms with Crippen LogP contribution >= 0.6 is 0 Å². The fourth-order valence-corrected chi connectivity index (χ4v) is 5.50. The molecule has 2 heterocycles. The average molecular weight is 353 g/mol. The molecule has 2 aliphatic rings. The Labute approximate surface area is 145 Å². The monoisotopic (exact) mass is 352 g/mol. The number of benzene rings is 1. The molecule has 1 saturated heterocycles. The number of hydrogen-bond donors (Lipinski definition) is 0. The molecular weight excluding hydrogens is 324 g/mol. The van der Waals surface area contributed by atoms with Crippen molar-refractivity contribution in [1.82, 2.24) is 9.21 Å². The number of hydrogen-bond acceptors (Lipinski definition) is 4. The second-order valence-corrected chi connectivity index (χ2v) is 8.91. The molecule has 2 aliphatic heterocycles. The number of sulfonamides is 1. The Morgan fingerprint density at radius 3 is 2.54 bits per heavy atom. The van der Waals surface area contributed by atoms with Crippen molar-refractivity contribution in [2.45, 2.75) is 38.0 Å². The summed E-state index contributed by atoms with van der Waals surface area (Å²) in [6, 6.07) is 7.01. The molecule has 5 nitrogen and oxygen atoms in total. The van der Waals surface area contributed by atoms with Crippen LogP contribution in [-0.2, 0) is 10.0 Å². The van der Waals surface area contributed by atoms with Crippen LogP contribution in [0.5, 0.6) is 5.75 Å². The van der Waals surface area contributed by atoms with Crippen LogP contribution in [0.25, 0.3) is 0 Å². The van der Waals surface area contributed by atoms with E-state index in [9.17, 15) is 8.42 Å². The number of piperidine rings is 1. The van der Waals surface area contributed by atoms with Crippen LogP contribution < -0.4 is 4.74 Å². The highest BCUT2D eigenvalue weighted by molar-refractivity contribution is 7.89. The van der Waals surface area contributed by atoms with Crippen molar-refractivity contribution in [1.29, 1.82) is 0 Å². The third-order valence-corrected chi connectivity index (χ3v) is 7.28. The fraction of sp³-hybridized carbons (Fsp3) is 0.667. The zero-order valence-corrected chi connectivity index (χ0v) is 15.5. The van der Waals surface area contributed by atoms with E-state index >= 15 is 0 Å². The zero-order chi connectivity index (χ0) is 17.2. The second-order valence-electron chi connectivity index (χ2n) is 7.01. The maximum absolute atomic E-state index is 13.0. The minimum Gasteiger partial charge on any atom is -0.492 e. The minimum atomic E-state index is -3.50. The number of likely N-dealkylation sites (tertiary alicyclic amines) is 1. The van der Waals surface area contributed by atoms with E-state index in [0.29, 0.717) is 30.3 Å². The van der Waals surface area contributed by atoms with Gasteiger partial charge in [-0.1, -0.05) is 26.0 Å². The predicted molar refractivity (Wildman–Crippen MR) is 94.8 cm³/mol. The van der Waals surface area contributed by atoms with Crippen LogP contribution in [-0.4, -0.2) is 57.0 Å². The van der Waals surface area contributed by atoms with Crippen LogP contribution in [0, 0.1) is 5.41 Å². The summed E-state index contributed by atoms with van der Waals surface area (Å²) < 4.78 is 33.7. The number of para-hydroxylation sites is 1. The first-order valence-corrected chi connectivity index (χ1v) is 10.4. The molecule has 24 heavy (non-hydrogen) atoms. The van der Waals surface area contributed by atoms with Crippen molar-refractivity contribution >= 4 is 10.0 Å². The van der Waals surface area contributed by atoms with Gasteiger partial charge >= 0.3 is 0 Å². The Kier molecular flexibility index (Phi) is 5.18. The van der Waals surface area contributed by atoms with Gasteiger partial charge in [-0.15, -0.1) is 0 Å². The minimum absolute atomic E-state index is 0.0825. The topological polar surface area (TPSA) is 49.9 Å². The van der Waals surface area contributed by atoms with E-state index in [1.165, 1.54) is 0 Å². The molecule has 1 aromatic rings. The second kappa shape index (κ2) is 7.02. The van der Waals surface area contributed by atoms with E-state index in [4.69, 9.17) is 4.74 Å². The van der Waals surface area contributed by atoms with Crippen molar-refractivity contribution < 1.29 is 13.2 Å². The third kappa shape index (κ3) is 3.32. The highest BCUT2D eigenvalue weighted by atomic mass is 32.2. The van der Waals surface area contributed by atoms with E-state index in [-0.39, 0.29) is 5.41 Å². The third-order valence-electron chi connectivity index (χ3n) is 5.32. The first-order chi connectivity index (χ1) is 11.5. The molecule has 1 spiro atoms. The van der Waals surface area contributed by atoms with Crippen molar-refractivity contribution in [3.8, 4) is 5.75 Å². The smallest absolute Gasteiger partial charge is 0.246 e. The SMILES string of the molecule is CCCN1CCC2(CC1)COc1ccccc1S(=O)(=O)N(CC)C2.